The molecule has 0 N–H and O–H groups in total. The number of pyridine rings is 2. The van der Waals surface area contributed by atoms with Crippen molar-refractivity contribution in [1.82, 2.24) is 9.55 Å². The number of ketones is 1. The van der Waals surface area contributed by atoms with E-state index in [0.29, 0.717) is 11.9 Å². The molecule has 142 valence electrons. The maximum atomic E-state index is 12.9. The number of carbonyl (C=O) groups excluding carboxylic acids is 1. The first-order valence-electron chi connectivity index (χ1n) is 9.05. The van der Waals surface area contributed by atoms with Crippen LogP contribution in [-0.2, 0) is 6.54 Å². The lowest BCUT2D eigenvalue weighted by Crippen LogP contribution is -2.19. The number of nitrogens with zero attached hydrogens (tertiary/aromatic N) is 2. The van der Waals surface area contributed by atoms with Gasteiger partial charge in [0.25, 0.3) is 0 Å². The first-order chi connectivity index (χ1) is 13.5. The molecule has 3 rings (SSSR count). The van der Waals surface area contributed by atoms with Crippen molar-refractivity contribution < 1.29 is 4.79 Å². The Morgan fingerprint density at radius 3 is 2.71 bits per heavy atom. The highest BCUT2D eigenvalue weighted by Crippen LogP contribution is 2.18. The number of aryl methyl sites for hydroxylation is 1. The number of halogens is 1. The van der Waals surface area contributed by atoms with Crippen LogP contribution in [-0.4, -0.2) is 15.3 Å². The number of hydrogen-bond donors (Lipinski definition) is 0. The Balaban J connectivity index is 2.07. The topological polar surface area (TPSA) is 52.0 Å². The van der Waals surface area contributed by atoms with Gasteiger partial charge in [0.15, 0.2) is 11.2 Å². The van der Waals surface area contributed by atoms with Gasteiger partial charge in [-0.2, -0.15) is 0 Å². The standard InChI is InChI=1S/C23H21IN2O2/c1-3-4-9-17(24)13-22(27)20-15-26(14-18-10-7-8-16(2)25-18)21-12-6-5-11-19(21)23(20)28/h3-12,15H,13-14H2,1-2H3/b4-3-,17-9+. The Bertz CT molecular complexity index is 1140. The van der Waals surface area contributed by atoms with Crippen LogP contribution in [0.1, 0.15) is 35.1 Å². The molecule has 5 heteroatoms. The average molecular weight is 484 g/mol. The van der Waals surface area contributed by atoms with Gasteiger partial charge in [-0.25, -0.2) is 0 Å². The summed E-state index contributed by atoms with van der Waals surface area (Å²) >= 11 is 2.14. The summed E-state index contributed by atoms with van der Waals surface area (Å²) in [6, 6.07) is 13.2. The maximum absolute atomic E-state index is 12.9. The second kappa shape index (κ2) is 9.10. The predicted octanol–water partition coefficient (Wildman–Crippen LogP) is 5.22. The average Bonchev–Trinajstić information content (AvgIpc) is 2.68. The third kappa shape index (κ3) is 4.65. The lowest BCUT2D eigenvalue weighted by Gasteiger charge is -2.13. The monoisotopic (exact) mass is 484 g/mol. The number of Topliss-reactive ketones (excluding diaryl/α,β-unsaturated/α-hetero) is 1. The van der Waals surface area contributed by atoms with Gasteiger partial charge in [-0.3, -0.25) is 14.6 Å². The Morgan fingerprint density at radius 2 is 1.96 bits per heavy atom. The Morgan fingerprint density at radius 1 is 1.18 bits per heavy atom. The van der Waals surface area contributed by atoms with Crippen molar-refractivity contribution in [3.05, 3.63) is 97.6 Å². The molecule has 0 aliphatic heterocycles. The van der Waals surface area contributed by atoms with Gasteiger partial charge < -0.3 is 4.57 Å². The quantitative estimate of drug-likeness (QED) is 0.274. The molecule has 0 bridgehead atoms. The van der Waals surface area contributed by atoms with Crippen molar-refractivity contribution in [2.24, 2.45) is 0 Å². The number of fused-ring (bicyclic) bond motifs is 1. The van der Waals surface area contributed by atoms with Gasteiger partial charge in [0.05, 0.1) is 23.3 Å². The summed E-state index contributed by atoms with van der Waals surface area (Å²) in [5.41, 5.74) is 2.61. The van der Waals surface area contributed by atoms with E-state index in [1.165, 1.54) is 0 Å². The lowest BCUT2D eigenvalue weighted by molar-refractivity contribution is 0.0994. The molecule has 0 aliphatic carbocycles. The normalized spacial score (nSPS) is 12.0. The molecule has 0 spiro atoms. The number of para-hydroxylation sites is 1. The molecule has 2 heterocycles. The SMILES string of the molecule is C/C=C\C=C(\I)CC(=O)c1cn(Cc2cccc(C)n2)c2ccccc2c1=O. The Labute approximate surface area is 177 Å². The van der Waals surface area contributed by atoms with Gasteiger partial charge in [0.2, 0.25) is 0 Å². The maximum Gasteiger partial charge on any atom is 0.200 e. The van der Waals surface area contributed by atoms with Crippen molar-refractivity contribution in [2.45, 2.75) is 26.8 Å². The van der Waals surface area contributed by atoms with Crippen molar-refractivity contribution in [3.63, 3.8) is 0 Å². The fourth-order valence-corrected chi connectivity index (χ4v) is 3.60. The lowest BCUT2D eigenvalue weighted by atomic mass is 10.1. The van der Waals surface area contributed by atoms with Crippen LogP contribution in [0.25, 0.3) is 10.9 Å². The number of aromatic nitrogens is 2. The van der Waals surface area contributed by atoms with E-state index in [1.807, 2.05) is 73.0 Å². The Hall–Kier alpha value is -2.54. The number of hydrogen-bond acceptors (Lipinski definition) is 3. The first-order valence-corrected chi connectivity index (χ1v) is 10.1. The molecule has 4 nitrogen and oxygen atoms in total. The molecule has 0 amide bonds. The summed E-state index contributed by atoms with van der Waals surface area (Å²) in [6.45, 7) is 4.36. The van der Waals surface area contributed by atoms with Crippen LogP contribution < -0.4 is 5.43 Å². The second-order valence-electron chi connectivity index (χ2n) is 6.53. The van der Waals surface area contributed by atoms with E-state index in [1.54, 1.807) is 12.3 Å². The number of allylic oxidation sites excluding steroid dienone is 4. The highest BCUT2D eigenvalue weighted by Gasteiger charge is 2.16. The molecular weight excluding hydrogens is 463 g/mol. The van der Waals surface area contributed by atoms with Crippen LogP contribution in [0.2, 0.25) is 0 Å². The molecular formula is C23H21IN2O2. The highest BCUT2D eigenvalue weighted by molar-refractivity contribution is 14.1. The van der Waals surface area contributed by atoms with E-state index in [0.717, 1.165) is 20.5 Å². The summed E-state index contributed by atoms with van der Waals surface area (Å²) in [6.07, 6.45) is 7.56. The molecule has 1 aromatic carbocycles. The van der Waals surface area contributed by atoms with E-state index < -0.39 is 0 Å². The molecule has 2 aromatic heterocycles. The van der Waals surface area contributed by atoms with Gasteiger partial charge in [-0.1, -0.05) is 36.4 Å². The van der Waals surface area contributed by atoms with Crippen molar-refractivity contribution in [1.29, 1.82) is 0 Å². The molecule has 3 aromatic rings. The van der Waals surface area contributed by atoms with E-state index in [4.69, 9.17) is 0 Å². The number of benzene rings is 1. The van der Waals surface area contributed by atoms with Crippen molar-refractivity contribution in [3.8, 4) is 0 Å². The minimum atomic E-state index is -0.218. The summed E-state index contributed by atoms with van der Waals surface area (Å²) in [7, 11) is 0. The summed E-state index contributed by atoms with van der Waals surface area (Å²) in [4.78, 5) is 30.3. The molecule has 0 saturated heterocycles. The van der Waals surface area contributed by atoms with Crippen molar-refractivity contribution in [2.75, 3.05) is 0 Å². The fraction of sp³-hybridized carbons (Fsp3) is 0.174. The van der Waals surface area contributed by atoms with Gasteiger partial charge in [0, 0.05) is 23.7 Å². The summed E-state index contributed by atoms with van der Waals surface area (Å²) in [5.74, 6) is -0.174. The number of carbonyl (C=O) groups is 1. The van der Waals surface area contributed by atoms with Gasteiger partial charge in [-0.05, 0) is 64.3 Å². The number of rotatable bonds is 6. The zero-order chi connectivity index (χ0) is 20.1. The molecule has 0 radical (unpaired) electrons. The van der Waals surface area contributed by atoms with Crippen LogP contribution in [0.3, 0.4) is 0 Å². The minimum Gasteiger partial charge on any atom is -0.341 e. The zero-order valence-corrected chi connectivity index (χ0v) is 18.0. The van der Waals surface area contributed by atoms with E-state index >= 15 is 0 Å². The van der Waals surface area contributed by atoms with E-state index in [2.05, 4.69) is 27.6 Å². The molecule has 28 heavy (non-hydrogen) atoms. The summed E-state index contributed by atoms with van der Waals surface area (Å²) < 4.78 is 2.83. The predicted molar refractivity (Wildman–Crippen MR) is 122 cm³/mol. The summed E-state index contributed by atoms with van der Waals surface area (Å²) in [5, 5.41) is 0.549. The van der Waals surface area contributed by atoms with Crippen LogP contribution in [0.4, 0.5) is 0 Å². The van der Waals surface area contributed by atoms with Crippen LogP contribution in [0, 0.1) is 6.92 Å². The molecule has 0 saturated carbocycles. The van der Waals surface area contributed by atoms with Gasteiger partial charge in [0.1, 0.15) is 0 Å². The zero-order valence-electron chi connectivity index (χ0n) is 15.9. The Kier molecular flexibility index (Phi) is 6.57. The third-order valence-electron chi connectivity index (χ3n) is 4.37. The third-order valence-corrected chi connectivity index (χ3v) is 5.11. The molecule has 0 aliphatic rings. The van der Waals surface area contributed by atoms with Gasteiger partial charge in [-0.15, -0.1) is 0 Å². The molecule has 0 unspecified atom stereocenters. The fourth-order valence-electron chi connectivity index (χ4n) is 3.04. The van der Waals surface area contributed by atoms with E-state index in [-0.39, 0.29) is 23.2 Å². The van der Waals surface area contributed by atoms with Crippen LogP contribution in [0.5, 0.6) is 0 Å². The largest absolute Gasteiger partial charge is 0.341 e. The smallest absolute Gasteiger partial charge is 0.200 e. The van der Waals surface area contributed by atoms with E-state index in [9.17, 15) is 9.59 Å². The molecule has 0 atom stereocenters. The second-order valence-corrected chi connectivity index (χ2v) is 7.91. The highest BCUT2D eigenvalue weighted by atomic mass is 127. The minimum absolute atomic E-state index is 0.174. The van der Waals surface area contributed by atoms with Gasteiger partial charge >= 0.3 is 0 Å². The molecule has 0 fully saturated rings. The van der Waals surface area contributed by atoms with Crippen LogP contribution >= 0.6 is 22.6 Å². The van der Waals surface area contributed by atoms with Crippen molar-refractivity contribution >= 4 is 39.3 Å². The first kappa shape index (κ1) is 20.2. The van der Waals surface area contributed by atoms with Crippen LogP contribution in [0.15, 0.2) is 75.3 Å².